The molecular formula is C16H17NO2S. The van der Waals surface area contributed by atoms with Gasteiger partial charge in [-0.3, -0.25) is 4.79 Å². The molecule has 1 aliphatic heterocycles. The predicted molar refractivity (Wildman–Crippen MR) is 80.6 cm³/mol. The highest BCUT2D eigenvalue weighted by Crippen LogP contribution is 2.32. The van der Waals surface area contributed by atoms with Crippen LogP contribution in [-0.2, 0) is 0 Å². The molecule has 20 heavy (non-hydrogen) atoms. The highest BCUT2D eigenvalue weighted by Gasteiger charge is 2.24. The van der Waals surface area contributed by atoms with Crippen LogP contribution in [0.3, 0.4) is 0 Å². The van der Waals surface area contributed by atoms with Crippen LogP contribution in [0.5, 0.6) is 5.75 Å². The fraction of sp³-hybridized carbons (Fsp3) is 0.312. The molecule has 0 radical (unpaired) electrons. The fourth-order valence-electron chi connectivity index (χ4n) is 2.58. The smallest absolute Gasteiger partial charge is 0.252 e. The molecule has 1 aliphatic rings. The molecule has 0 fully saturated rings. The molecular weight excluding hydrogens is 270 g/mol. The van der Waals surface area contributed by atoms with Crippen LogP contribution in [0.2, 0.25) is 0 Å². The van der Waals surface area contributed by atoms with E-state index in [2.05, 4.69) is 5.32 Å². The van der Waals surface area contributed by atoms with Crippen molar-refractivity contribution in [1.82, 2.24) is 5.32 Å². The summed E-state index contributed by atoms with van der Waals surface area (Å²) in [4.78, 5) is 14.6. The van der Waals surface area contributed by atoms with E-state index >= 15 is 0 Å². The van der Waals surface area contributed by atoms with E-state index in [0.717, 1.165) is 28.2 Å². The number of fused-ring (bicyclic) bond motifs is 1. The lowest BCUT2D eigenvalue weighted by Crippen LogP contribution is -2.32. The van der Waals surface area contributed by atoms with E-state index in [1.165, 1.54) is 4.88 Å². The van der Waals surface area contributed by atoms with E-state index in [1.807, 2.05) is 44.2 Å². The van der Waals surface area contributed by atoms with Gasteiger partial charge in [0.05, 0.1) is 18.2 Å². The lowest BCUT2D eigenvalue weighted by atomic mass is 10.00. The Bertz CT molecular complexity index is 648. The second-order valence-electron chi connectivity index (χ2n) is 5.03. The third kappa shape index (κ3) is 2.43. The Labute approximate surface area is 122 Å². The van der Waals surface area contributed by atoms with Gasteiger partial charge < -0.3 is 10.1 Å². The van der Waals surface area contributed by atoms with Crippen molar-refractivity contribution in [3.05, 3.63) is 51.2 Å². The van der Waals surface area contributed by atoms with E-state index < -0.39 is 0 Å². The van der Waals surface area contributed by atoms with E-state index in [0.29, 0.717) is 6.61 Å². The van der Waals surface area contributed by atoms with E-state index in [1.54, 1.807) is 11.3 Å². The number of ether oxygens (including phenoxy) is 1. The van der Waals surface area contributed by atoms with Crippen LogP contribution in [0.25, 0.3) is 0 Å². The number of nitrogens with one attached hydrogen (secondary N) is 1. The number of hydrogen-bond acceptors (Lipinski definition) is 3. The summed E-state index contributed by atoms with van der Waals surface area (Å²) in [5, 5.41) is 3.13. The Morgan fingerprint density at radius 2 is 2.15 bits per heavy atom. The number of benzene rings is 1. The summed E-state index contributed by atoms with van der Waals surface area (Å²) in [6.07, 6.45) is 0.810. The third-order valence-electron chi connectivity index (χ3n) is 3.55. The van der Waals surface area contributed by atoms with Crippen LogP contribution in [0.1, 0.15) is 38.1 Å². The lowest BCUT2D eigenvalue weighted by molar-refractivity contribution is 0.0924. The van der Waals surface area contributed by atoms with Crippen molar-refractivity contribution in [3.8, 4) is 5.75 Å². The van der Waals surface area contributed by atoms with Gasteiger partial charge in [-0.25, -0.2) is 0 Å². The molecule has 3 rings (SSSR count). The second kappa shape index (κ2) is 5.29. The predicted octanol–water partition coefficient (Wildman–Crippen LogP) is 3.62. The van der Waals surface area contributed by atoms with Crippen LogP contribution in [-0.4, -0.2) is 12.5 Å². The van der Waals surface area contributed by atoms with Gasteiger partial charge in [0, 0.05) is 21.7 Å². The summed E-state index contributed by atoms with van der Waals surface area (Å²) in [5.74, 6) is 0.885. The first-order chi connectivity index (χ1) is 9.65. The summed E-state index contributed by atoms with van der Waals surface area (Å²) in [5.41, 5.74) is 1.85. The summed E-state index contributed by atoms with van der Waals surface area (Å²) in [6, 6.07) is 9.90. The summed E-state index contributed by atoms with van der Waals surface area (Å²) in [7, 11) is 0. The first kappa shape index (κ1) is 13.2. The van der Waals surface area contributed by atoms with Crippen molar-refractivity contribution in [3.63, 3.8) is 0 Å². The number of thiophene rings is 1. The average Bonchev–Trinajstić information content (AvgIpc) is 2.78. The first-order valence-electron chi connectivity index (χ1n) is 6.75. The normalized spacial score (nSPS) is 17.2. The summed E-state index contributed by atoms with van der Waals surface area (Å²) in [6.45, 7) is 4.66. The quantitative estimate of drug-likeness (QED) is 0.916. The van der Waals surface area contributed by atoms with Gasteiger partial charge in [-0.05, 0) is 26.0 Å². The maximum Gasteiger partial charge on any atom is 0.252 e. The number of carbonyl (C=O) groups excluding carboxylic acids is 1. The number of para-hydroxylation sites is 1. The average molecular weight is 287 g/mol. The molecule has 1 aromatic carbocycles. The molecule has 1 amide bonds. The first-order valence-corrected chi connectivity index (χ1v) is 7.56. The number of hydrogen-bond donors (Lipinski definition) is 1. The third-order valence-corrected chi connectivity index (χ3v) is 4.52. The van der Waals surface area contributed by atoms with Gasteiger partial charge in [-0.1, -0.05) is 18.2 Å². The molecule has 1 aromatic heterocycles. The molecule has 1 N–H and O–H groups in total. The molecule has 104 valence electrons. The van der Waals surface area contributed by atoms with Crippen LogP contribution in [0, 0.1) is 13.8 Å². The molecule has 0 saturated carbocycles. The SMILES string of the molecule is Cc1cc(C(=O)N[C@H]2CCOc3ccccc32)c(C)s1. The highest BCUT2D eigenvalue weighted by atomic mass is 32.1. The molecule has 4 heteroatoms. The van der Waals surface area contributed by atoms with Crippen molar-refractivity contribution in [2.45, 2.75) is 26.3 Å². The zero-order chi connectivity index (χ0) is 14.1. The van der Waals surface area contributed by atoms with E-state index in [-0.39, 0.29) is 11.9 Å². The Hall–Kier alpha value is -1.81. The number of carbonyl (C=O) groups is 1. The van der Waals surface area contributed by atoms with E-state index in [9.17, 15) is 4.79 Å². The number of amides is 1. The molecule has 0 spiro atoms. The van der Waals surface area contributed by atoms with Crippen molar-refractivity contribution >= 4 is 17.2 Å². The minimum atomic E-state index is 0.00792. The highest BCUT2D eigenvalue weighted by molar-refractivity contribution is 7.12. The number of rotatable bonds is 2. The second-order valence-corrected chi connectivity index (χ2v) is 6.49. The molecule has 1 atom stereocenters. The maximum absolute atomic E-state index is 12.4. The fourth-order valence-corrected chi connectivity index (χ4v) is 3.51. The standard InChI is InChI=1S/C16H17NO2S/c1-10-9-13(11(2)20-10)16(18)17-14-7-8-19-15-6-4-3-5-12(14)15/h3-6,9,14H,7-8H2,1-2H3,(H,17,18)/t14-/m0/s1. The zero-order valence-electron chi connectivity index (χ0n) is 11.6. The minimum Gasteiger partial charge on any atom is -0.493 e. The summed E-state index contributed by atoms with van der Waals surface area (Å²) < 4.78 is 5.62. The van der Waals surface area contributed by atoms with Gasteiger partial charge in [0.2, 0.25) is 0 Å². The molecule has 0 bridgehead atoms. The topological polar surface area (TPSA) is 38.3 Å². The van der Waals surface area contributed by atoms with Gasteiger partial charge in [0.25, 0.3) is 5.91 Å². The van der Waals surface area contributed by atoms with Crippen LogP contribution in [0.15, 0.2) is 30.3 Å². The Morgan fingerprint density at radius 1 is 1.35 bits per heavy atom. The van der Waals surface area contributed by atoms with Crippen molar-refractivity contribution in [1.29, 1.82) is 0 Å². The Balaban J connectivity index is 1.82. The largest absolute Gasteiger partial charge is 0.493 e. The van der Waals surface area contributed by atoms with Gasteiger partial charge in [-0.15, -0.1) is 11.3 Å². The molecule has 2 aromatic rings. The molecule has 0 aliphatic carbocycles. The van der Waals surface area contributed by atoms with Crippen LogP contribution >= 0.6 is 11.3 Å². The minimum absolute atomic E-state index is 0.00792. The zero-order valence-corrected chi connectivity index (χ0v) is 12.4. The van der Waals surface area contributed by atoms with E-state index in [4.69, 9.17) is 4.74 Å². The maximum atomic E-state index is 12.4. The van der Waals surface area contributed by atoms with Crippen LogP contribution < -0.4 is 10.1 Å². The molecule has 2 heterocycles. The van der Waals surface area contributed by atoms with Gasteiger partial charge in [0.15, 0.2) is 0 Å². The Kier molecular flexibility index (Phi) is 3.49. The monoisotopic (exact) mass is 287 g/mol. The Morgan fingerprint density at radius 3 is 2.90 bits per heavy atom. The summed E-state index contributed by atoms with van der Waals surface area (Å²) >= 11 is 1.66. The number of aryl methyl sites for hydroxylation is 2. The van der Waals surface area contributed by atoms with Gasteiger partial charge >= 0.3 is 0 Å². The van der Waals surface area contributed by atoms with Crippen LogP contribution in [0.4, 0.5) is 0 Å². The van der Waals surface area contributed by atoms with Gasteiger partial charge in [-0.2, -0.15) is 0 Å². The van der Waals surface area contributed by atoms with Gasteiger partial charge in [0.1, 0.15) is 5.75 Å². The molecule has 3 nitrogen and oxygen atoms in total. The van der Waals surface area contributed by atoms with Crippen molar-refractivity contribution in [2.75, 3.05) is 6.61 Å². The lowest BCUT2D eigenvalue weighted by Gasteiger charge is -2.26. The molecule has 0 saturated heterocycles. The van der Waals surface area contributed by atoms with Crippen molar-refractivity contribution in [2.24, 2.45) is 0 Å². The van der Waals surface area contributed by atoms with Crippen molar-refractivity contribution < 1.29 is 9.53 Å². The molecule has 0 unspecified atom stereocenters.